The number of benzene rings is 3. The van der Waals surface area contributed by atoms with E-state index in [4.69, 9.17) is 11.6 Å². The molecule has 0 radical (unpaired) electrons. The van der Waals surface area contributed by atoms with Crippen molar-refractivity contribution in [3.05, 3.63) is 89.1 Å². The van der Waals surface area contributed by atoms with E-state index in [-0.39, 0.29) is 10.7 Å². The predicted octanol–water partition coefficient (Wildman–Crippen LogP) is 5.20. The van der Waals surface area contributed by atoms with Gasteiger partial charge in [-0.25, -0.2) is 13.1 Å². The van der Waals surface area contributed by atoms with E-state index < -0.39 is 10.0 Å². The molecule has 3 aromatic carbocycles. The van der Waals surface area contributed by atoms with E-state index in [2.05, 4.69) is 37.4 Å². The Labute approximate surface area is 207 Å². The van der Waals surface area contributed by atoms with E-state index in [1.165, 1.54) is 12.1 Å². The van der Waals surface area contributed by atoms with Crippen LogP contribution in [0.25, 0.3) is 22.2 Å². The molecule has 8 nitrogen and oxygen atoms in total. The molecule has 1 saturated carbocycles. The molecular formula is C25H21ClN6O2S. The van der Waals surface area contributed by atoms with Crippen LogP contribution in [0.5, 0.6) is 0 Å². The molecule has 10 heteroatoms. The normalized spacial score (nSPS) is 13.9. The lowest BCUT2D eigenvalue weighted by Crippen LogP contribution is -2.13. The van der Waals surface area contributed by atoms with Gasteiger partial charge in [0, 0.05) is 21.9 Å². The van der Waals surface area contributed by atoms with Crippen molar-refractivity contribution in [2.24, 2.45) is 0 Å². The van der Waals surface area contributed by atoms with Gasteiger partial charge in [0.2, 0.25) is 0 Å². The van der Waals surface area contributed by atoms with Crippen molar-refractivity contribution in [1.29, 1.82) is 0 Å². The molecule has 0 amide bonds. The van der Waals surface area contributed by atoms with Crippen LogP contribution in [-0.2, 0) is 16.6 Å². The highest BCUT2D eigenvalue weighted by Crippen LogP contribution is 2.44. The average molecular weight is 505 g/mol. The maximum atomic E-state index is 12.9. The van der Waals surface area contributed by atoms with E-state index >= 15 is 0 Å². The first-order chi connectivity index (χ1) is 17.0. The lowest BCUT2D eigenvalue weighted by atomic mass is 10.1. The molecule has 1 aliphatic carbocycles. The summed E-state index contributed by atoms with van der Waals surface area (Å²) in [7, 11) is -3.87. The second-order valence-electron chi connectivity index (χ2n) is 8.64. The van der Waals surface area contributed by atoms with Gasteiger partial charge in [-0.3, -0.25) is 9.82 Å². The van der Waals surface area contributed by atoms with Crippen LogP contribution >= 0.6 is 11.6 Å². The third-order valence-corrected chi connectivity index (χ3v) is 7.66. The summed E-state index contributed by atoms with van der Waals surface area (Å²) in [6.45, 7) is 0.651. The summed E-state index contributed by atoms with van der Waals surface area (Å²) in [6.07, 6.45) is 2.21. The lowest BCUT2D eigenvalue weighted by molar-refractivity contribution is 0.601. The lowest BCUT2D eigenvalue weighted by Gasteiger charge is -2.08. The summed E-state index contributed by atoms with van der Waals surface area (Å²) in [5.74, 6) is 0.635. The number of hydrogen-bond acceptors (Lipinski definition) is 5. The molecule has 2 heterocycles. The molecule has 0 atom stereocenters. The number of aromatic nitrogens is 5. The van der Waals surface area contributed by atoms with E-state index in [1.54, 1.807) is 12.1 Å². The highest BCUT2D eigenvalue weighted by molar-refractivity contribution is 7.92. The number of hydrogen-bond donors (Lipinski definition) is 2. The van der Waals surface area contributed by atoms with Gasteiger partial charge in [0.1, 0.15) is 5.69 Å². The highest BCUT2D eigenvalue weighted by atomic mass is 35.5. The van der Waals surface area contributed by atoms with Crippen LogP contribution in [0.1, 0.15) is 30.0 Å². The number of fused-ring (bicyclic) bond motifs is 1. The van der Waals surface area contributed by atoms with E-state index in [1.807, 2.05) is 41.1 Å². The van der Waals surface area contributed by atoms with Crippen LogP contribution in [0.3, 0.4) is 0 Å². The second kappa shape index (κ2) is 8.51. The third-order valence-electron chi connectivity index (χ3n) is 6.09. The van der Waals surface area contributed by atoms with Gasteiger partial charge in [0.05, 0.1) is 22.7 Å². The quantitative estimate of drug-likeness (QED) is 0.317. The fraction of sp³-hybridized carbons (Fsp3) is 0.160. The number of nitrogens with zero attached hydrogens (tertiary/aromatic N) is 4. The summed E-state index contributed by atoms with van der Waals surface area (Å²) >= 11 is 5.99. The van der Waals surface area contributed by atoms with E-state index in [0.717, 1.165) is 35.4 Å². The number of sulfonamides is 1. The molecule has 1 aliphatic rings. The standard InChI is InChI=1S/C25H21ClN6O2S/c26-19-7-4-8-20(14-19)35(33,34)30-25-21-13-18(11-12-22(21)27-29-25)23-24(17-9-10-17)32(31-28-23)15-16-5-2-1-3-6-16/h1-8,11-14,17H,9-10,15H2,(H2,27,29,30). The fourth-order valence-electron chi connectivity index (χ4n) is 4.22. The van der Waals surface area contributed by atoms with Crippen molar-refractivity contribution in [2.45, 2.75) is 30.2 Å². The summed E-state index contributed by atoms with van der Waals surface area (Å²) < 4.78 is 30.4. The van der Waals surface area contributed by atoms with Crippen LogP contribution < -0.4 is 4.72 Å². The molecule has 0 aliphatic heterocycles. The maximum absolute atomic E-state index is 12.9. The zero-order chi connectivity index (χ0) is 24.0. The number of H-pyrrole nitrogens is 1. The highest BCUT2D eigenvalue weighted by Gasteiger charge is 2.32. The summed E-state index contributed by atoms with van der Waals surface area (Å²) in [5.41, 5.74) is 4.66. The second-order valence-corrected chi connectivity index (χ2v) is 10.8. The van der Waals surface area contributed by atoms with E-state index in [0.29, 0.717) is 28.4 Å². The minimum Gasteiger partial charge on any atom is -0.276 e. The molecule has 35 heavy (non-hydrogen) atoms. The Morgan fingerprint density at radius 1 is 1.03 bits per heavy atom. The Morgan fingerprint density at radius 2 is 1.86 bits per heavy atom. The molecule has 0 unspecified atom stereocenters. The van der Waals surface area contributed by atoms with Gasteiger partial charge < -0.3 is 0 Å². The maximum Gasteiger partial charge on any atom is 0.263 e. The first-order valence-electron chi connectivity index (χ1n) is 11.2. The molecule has 5 aromatic rings. The Bertz CT molecular complexity index is 1640. The number of aromatic amines is 1. The minimum absolute atomic E-state index is 0.0668. The van der Waals surface area contributed by atoms with Gasteiger partial charge in [0.25, 0.3) is 10.0 Å². The average Bonchev–Trinajstić information content (AvgIpc) is 3.50. The Morgan fingerprint density at radius 3 is 2.63 bits per heavy atom. The topological polar surface area (TPSA) is 106 Å². The Hall–Kier alpha value is -3.69. The van der Waals surface area contributed by atoms with Crippen molar-refractivity contribution in [1.82, 2.24) is 25.2 Å². The first kappa shape index (κ1) is 21.8. The van der Waals surface area contributed by atoms with Crippen molar-refractivity contribution in [3.8, 4) is 11.3 Å². The number of rotatable bonds is 7. The molecule has 0 saturated heterocycles. The van der Waals surface area contributed by atoms with Crippen LogP contribution in [-0.4, -0.2) is 33.6 Å². The zero-order valence-corrected chi connectivity index (χ0v) is 20.1. The monoisotopic (exact) mass is 504 g/mol. The van der Waals surface area contributed by atoms with Crippen LogP contribution in [0.15, 0.2) is 77.7 Å². The van der Waals surface area contributed by atoms with Gasteiger partial charge in [-0.2, -0.15) is 5.10 Å². The number of anilines is 1. The van der Waals surface area contributed by atoms with Crippen molar-refractivity contribution >= 4 is 38.3 Å². The first-order valence-corrected chi connectivity index (χ1v) is 13.1. The zero-order valence-electron chi connectivity index (χ0n) is 18.5. The molecule has 2 N–H and O–H groups in total. The van der Waals surface area contributed by atoms with Crippen LogP contribution in [0.2, 0.25) is 5.02 Å². The van der Waals surface area contributed by atoms with Gasteiger partial charge in [0.15, 0.2) is 5.82 Å². The summed E-state index contributed by atoms with van der Waals surface area (Å²) in [5, 5.41) is 17.1. The third kappa shape index (κ3) is 4.28. The predicted molar refractivity (Wildman–Crippen MR) is 135 cm³/mol. The summed E-state index contributed by atoms with van der Waals surface area (Å²) in [6, 6.07) is 22.0. The van der Waals surface area contributed by atoms with Gasteiger partial charge in [-0.1, -0.05) is 59.3 Å². The molecule has 1 fully saturated rings. The van der Waals surface area contributed by atoms with Crippen molar-refractivity contribution < 1.29 is 8.42 Å². The van der Waals surface area contributed by atoms with Crippen LogP contribution in [0.4, 0.5) is 5.82 Å². The summed E-state index contributed by atoms with van der Waals surface area (Å²) in [4.78, 5) is 0.0668. The SMILES string of the molecule is O=S(=O)(Nc1n[nH]c2ccc(-c3nnn(Cc4ccccc4)c3C3CC3)cc12)c1cccc(Cl)c1. The largest absolute Gasteiger partial charge is 0.276 e. The fourth-order valence-corrected chi connectivity index (χ4v) is 5.54. The molecule has 176 valence electrons. The molecule has 2 aromatic heterocycles. The molecule has 0 spiro atoms. The minimum atomic E-state index is -3.87. The van der Waals surface area contributed by atoms with Crippen molar-refractivity contribution in [2.75, 3.05) is 4.72 Å². The van der Waals surface area contributed by atoms with Gasteiger partial charge in [-0.15, -0.1) is 5.10 Å². The number of halogens is 1. The van der Waals surface area contributed by atoms with Crippen LogP contribution in [0, 0.1) is 0 Å². The molecule has 6 rings (SSSR count). The van der Waals surface area contributed by atoms with Gasteiger partial charge in [-0.05, 0) is 48.7 Å². The smallest absolute Gasteiger partial charge is 0.263 e. The Balaban J connectivity index is 1.37. The van der Waals surface area contributed by atoms with E-state index in [9.17, 15) is 8.42 Å². The van der Waals surface area contributed by atoms with Gasteiger partial charge >= 0.3 is 0 Å². The molecular weight excluding hydrogens is 484 g/mol. The molecule has 0 bridgehead atoms. The van der Waals surface area contributed by atoms with Crippen molar-refractivity contribution in [3.63, 3.8) is 0 Å². The number of nitrogens with one attached hydrogen (secondary N) is 2. The Kier molecular flexibility index (Phi) is 5.31.